The highest BCUT2D eigenvalue weighted by Crippen LogP contribution is 2.26. The standard InChI is InChI=1S/C5H6F3N3S/c6-5(7,8)1-3(9)4-2-12-11-10-4/h2-3H,1,9H2/t3-/m1/s1. The minimum absolute atomic E-state index is 0.192. The van der Waals surface area contributed by atoms with Crippen molar-refractivity contribution >= 4 is 11.5 Å². The lowest BCUT2D eigenvalue weighted by Gasteiger charge is -2.10. The summed E-state index contributed by atoms with van der Waals surface area (Å²) in [6, 6.07) is -1.09. The van der Waals surface area contributed by atoms with Gasteiger partial charge in [-0.1, -0.05) is 4.49 Å². The molecular weight excluding hydrogens is 191 g/mol. The fraction of sp³-hybridized carbons (Fsp3) is 0.600. The van der Waals surface area contributed by atoms with Gasteiger partial charge in [0.05, 0.1) is 18.2 Å². The third-order valence-electron chi connectivity index (χ3n) is 1.21. The van der Waals surface area contributed by atoms with Gasteiger partial charge in [0.2, 0.25) is 0 Å². The first kappa shape index (κ1) is 9.40. The lowest BCUT2D eigenvalue weighted by atomic mass is 10.2. The number of rotatable bonds is 2. The summed E-state index contributed by atoms with van der Waals surface area (Å²) >= 11 is 0.985. The van der Waals surface area contributed by atoms with Crippen LogP contribution in [0.3, 0.4) is 0 Å². The highest BCUT2D eigenvalue weighted by molar-refractivity contribution is 7.03. The molecule has 2 N–H and O–H groups in total. The molecule has 0 aromatic carbocycles. The van der Waals surface area contributed by atoms with Crippen LogP contribution >= 0.6 is 11.5 Å². The van der Waals surface area contributed by atoms with Crippen LogP contribution in [-0.2, 0) is 0 Å². The molecule has 0 amide bonds. The lowest BCUT2D eigenvalue weighted by molar-refractivity contribution is -0.138. The van der Waals surface area contributed by atoms with Gasteiger partial charge in [-0.15, -0.1) is 5.10 Å². The van der Waals surface area contributed by atoms with Gasteiger partial charge in [0.1, 0.15) is 0 Å². The average molecular weight is 197 g/mol. The van der Waals surface area contributed by atoms with E-state index in [1.165, 1.54) is 5.38 Å². The van der Waals surface area contributed by atoms with Crippen molar-refractivity contribution in [2.24, 2.45) is 5.73 Å². The minimum Gasteiger partial charge on any atom is -0.322 e. The molecule has 1 aromatic rings. The molecule has 0 unspecified atom stereocenters. The second-order valence-corrected chi connectivity index (χ2v) is 2.87. The van der Waals surface area contributed by atoms with Gasteiger partial charge in [0, 0.05) is 5.38 Å². The average Bonchev–Trinajstić information content (AvgIpc) is 2.32. The van der Waals surface area contributed by atoms with Crippen LogP contribution in [0.2, 0.25) is 0 Å². The minimum atomic E-state index is -4.25. The monoisotopic (exact) mass is 197 g/mol. The topological polar surface area (TPSA) is 51.8 Å². The maximum absolute atomic E-state index is 11.8. The number of alkyl halides is 3. The van der Waals surface area contributed by atoms with Crippen molar-refractivity contribution in [2.45, 2.75) is 18.6 Å². The van der Waals surface area contributed by atoms with Crippen LogP contribution in [0, 0.1) is 0 Å². The van der Waals surface area contributed by atoms with E-state index in [1.807, 2.05) is 0 Å². The van der Waals surface area contributed by atoms with Gasteiger partial charge in [-0.3, -0.25) is 0 Å². The molecule has 1 rings (SSSR count). The van der Waals surface area contributed by atoms with E-state index in [4.69, 9.17) is 5.73 Å². The molecule has 0 saturated carbocycles. The van der Waals surface area contributed by atoms with Crippen molar-refractivity contribution < 1.29 is 13.2 Å². The van der Waals surface area contributed by atoms with Gasteiger partial charge in [0.25, 0.3) is 0 Å². The Morgan fingerprint density at radius 2 is 2.25 bits per heavy atom. The molecule has 1 aromatic heterocycles. The smallest absolute Gasteiger partial charge is 0.322 e. The highest BCUT2D eigenvalue weighted by atomic mass is 32.1. The van der Waals surface area contributed by atoms with Crippen LogP contribution in [0.5, 0.6) is 0 Å². The summed E-state index contributed by atoms with van der Waals surface area (Å²) in [5, 5.41) is 4.86. The zero-order valence-electron chi connectivity index (χ0n) is 5.88. The molecule has 0 fully saturated rings. The van der Waals surface area contributed by atoms with E-state index in [0.717, 1.165) is 11.5 Å². The molecule has 0 saturated heterocycles. The van der Waals surface area contributed by atoms with Gasteiger partial charge in [-0.05, 0) is 11.5 Å². The summed E-state index contributed by atoms with van der Waals surface area (Å²) < 4.78 is 38.7. The van der Waals surface area contributed by atoms with E-state index in [9.17, 15) is 13.2 Å². The fourth-order valence-electron chi connectivity index (χ4n) is 0.687. The predicted octanol–water partition coefficient (Wildman–Crippen LogP) is 1.49. The molecular formula is C5H6F3N3S. The summed E-state index contributed by atoms with van der Waals surface area (Å²) in [4.78, 5) is 0. The van der Waals surface area contributed by atoms with Crippen LogP contribution in [0.1, 0.15) is 18.2 Å². The summed E-state index contributed by atoms with van der Waals surface area (Å²) in [5.41, 5.74) is 5.40. The Balaban J connectivity index is 2.56. The van der Waals surface area contributed by atoms with Crippen molar-refractivity contribution in [2.75, 3.05) is 0 Å². The fourth-order valence-corrected chi connectivity index (χ4v) is 1.21. The molecule has 0 aliphatic carbocycles. The first-order valence-corrected chi connectivity index (χ1v) is 3.92. The quantitative estimate of drug-likeness (QED) is 0.781. The number of nitrogens with two attached hydrogens (primary N) is 1. The molecule has 0 radical (unpaired) electrons. The maximum atomic E-state index is 11.8. The number of hydrogen-bond donors (Lipinski definition) is 1. The highest BCUT2D eigenvalue weighted by Gasteiger charge is 2.31. The zero-order chi connectivity index (χ0) is 9.19. The van der Waals surface area contributed by atoms with Crippen molar-refractivity contribution in [3.8, 4) is 0 Å². The van der Waals surface area contributed by atoms with E-state index < -0.39 is 18.6 Å². The first-order chi connectivity index (χ1) is 5.49. The van der Waals surface area contributed by atoms with Crippen LogP contribution in [0.15, 0.2) is 5.38 Å². The molecule has 0 aliphatic rings. The van der Waals surface area contributed by atoms with E-state index in [0.29, 0.717) is 0 Å². The molecule has 1 atom stereocenters. The summed E-state index contributed by atoms with van der Waals surface area (Å²) in [6.07, 6.45) is -5.30. The normalized spacial score (nSPS) is 14.7. The molecule has 7 heteroatoms. The van der Waals surface area contributed by atoms with Crippen molar-refractivity contribution in [3.63, 3.8) is 0 Å². The Morgan fingerprint density at radius 3 is 2.67 bits per heavy atom. The number of aromatic nitrogens is 2. The summed E-state index contributed by atoms with van der Waals surface area (Å²) in [6.45, 7) is 0. The third-order valence-corrected chi connectivity index (χ3v) is 1.73. The second kappa shape index (κ2) is 3.36. The van der Waals surface area contributed by atoms with Gasteiger partial charge in [-0.25, -0.2) is 0 Å². The first-order valence-electron chi connectivity index (χ1n) is 3.08. The van der Waals surface area contributed by atoms with Crippen LogP contribution in [0.25, 0.3) is 0 Å². The largest absolute Gasteiger partial charge is 0.390 e. The van der Waals surface area contributed by atoms with Crippen molar-refractivity contribution in [1.29, 1.82) is 0 Å². The van der Waals surface area contributed by atoms with Crippen molar-refractivity contribution in [1.82, 2.24) is 9.59 Å². The number of nitrogens with zero attached hydrogens (tertiary/aromatic N) is 2. The Hall–Kier alpha value is -0.690. The third kappa shape index (κ3) is 2.74. The molecule has 12 heavy (non-hydrogen) atoms. The number of hydrogen-bond acceptors (Lipinski definition) is 4. The van der Waals surface area contributed by atoms with Gasteiger partial charge in [-0.2, -0.15) is 13.2 Å². The van der Waals surface area contributed by atoms with E-state index in [-0.39, 0.29) is 5.69 Å². The number of halogens is 3. The Bertz CT molecular complexity index is 233. The molecule has 68 valence electrons. The van der Waals surface area contributed by atoms with Crippen LogP contribution in [0.4, 0.5) is 13.2 Å². The lowest BCUT2D eigenvalue weighted by Crippen LogP contribution is -2.20. The molecule has 0 bridgehead atoms. The molecule has 3 nitrogen and oxygen atoms in total. The van der Waals surface area contributed by atoms with E-state index in [2.05, 4.69) is 9.59 Å². The van der Waals surface area contributed by atoms with E-state index >= 15 is 0 Å². The summed E-state index contributed by atoms with van der Waals surface area (Å²) in [7, 11) is 0. The van der Waals surface area contributed by atoms with Crippen molar-refractivity contribution in [3.05, 3.63) is 11.1 Å². The Labute approximate surface area is 70.6 Å². The molecule has 0 spiro atoms. The molecule has 0 aliphatic heterocycles. The Kier molecular flexibility index (Phi) is 2.63. The maximum Gasteiger partial charge on any atom is 0.390 e. The van der Waals surface area contributed by atoms with Crippen LogP contribution in [-0.4, -0.2) is 15.8 Å². The van der Waals surface area contributed by atoms with Gasteiger partial charge < -0.3 is 5.73 Å². The van der Waals surface area contributed by atoms with E-state index in [1.54, 1.807) is 0 Å². The van der Waals surface area contributed by atoms with Gasteiger partial charge in [0.15, 0.2) is 0 Å². The summed E-state index contributed by atoms with van der Waals surface area (Å²) in [5.74, 6) is 0. The van der Waals surface area contributed by atoms with Crippen LogP contribution < -0.4 is 5.73 Å². The Morgan fingerprint density at radius 1 is 1.58 bits per heavy atom. The molecule has 1 heterocycles. The zero-order valence-corrected chi connectivity index (χ0v) is 6.69. The predicted molar refractivity (Wildman–Crippen MR) is 37.5 cm³/mol. The second-order valence-electron chi connectivity index (χ2n) is 2.26. The SMILES string of the molecule is N[C@H](CC(F)(F)F)c1csnn1. The van der Waals surface area contributed by atoms with Gasteiger partial charge >= 0.3 is 6.18 Å².